The van der Waals surface area contributed by atoms with E-state index >= 15 is 0 Å². The monoisotopic (exact) mass is 392 g/mol. The molecule has 1 aliphatic rings. The Morgan fingerprint density at radius 2 is 2.04 bits per heavy atom. The molecule has 1 fully saturated rings. The Morgan fingerprint density at radius 1 is 1.29 bits per heavy atom. The number of rotatable bonds is 4. The summed E-state index contributed by atoms with van der Waals surface area (Å²) in [6.07, 6.45) is -0.404. The Balaban J connectivity index is 1.66. The molecule has 0 bridgehead atoms. The second kappa shape index (κ2) is 8.20. The smallest absolute Gasteiger partial charge is 0.364 e. The first-order valence-electron chi connectivity index (χ1n) is 9.39. The Morgan fingerprint density at radius 3 is 2.75 bits per heavy atom. The fraction of sp³-hybridized carbons (Fsp3) is 0.429. The van der Waals surface area contributed by atoms with E-state index in [4.69, 9.17) is 0 Å². The number of H-pyrrole nitrogens is 1. The van der Waals surface area contributed by atoms with Crippen molar-refractivity contribution in [3.05, 3.63) is 69.1 Å². The third-order valence-electron chi connectivity index (χ3n) is 5.24. The lowest BCUT2D eigenvalue weighted by Gasteiger charge is -2.33. The lowest BCUT2D eigenvalue weighted by Crippen LogP contribution is -2.41. The summed E-state index contributed by atoms with van der Waals surface area (Å²) in [6.45, 7) is 2.76. The van der Waals surface area contributed by atoms with Crippen LogP contribution >= 0.6 is 0 Å². The number of aryl methyl sites for hydroxylation is 2. The maximum atomic E-state index is 13.2. The molecule has 1 aromatic carbocycles. The molecule has 2 heterocycles. The summed E-state index contributed by atoms with van der Waals surface area (Å²) < 4.78 is 39.5. The number of carbonyl (C=O) groups excluding carboxylic acids is 1. The molecule has 1 aliphatic heterocycles. The van der Waals surface area contributed by atoms with Crippen LogP contribution in [0.15, 0.2) is 41.3 Å². The van der Waals surface area contributed by atoms with Crippen LogP contribution in [0.3, 0.4) is 0 Å². The van der Waals surface area contributed by atoms with E-state index in [1.165, 1.54) is 24.4 Å². The van der Waals surface area contributed by atoms with Crippen LogP contribution < -0.4 is 5.43 Å². The van der Waals surface area contributed by atoms with Crippen molar-refractivity contribution in [2.75, 3.05) is 13.1 Å². The maximum Gasteiger partial charge on any atom is 0.416 e. The highest BCUT2D eigenvalue weighted by molar-refractivity contribution is 5.93. The summed E-state index contributed by atoms with van der Waals surface area (Å²) in [5.41, 5.74) is 0.163. The zero-order valence-corrected chi connectivity index (χ0v) is 15.7. The first-order chi connectivity index (χ1) is 13.3. The zero-order valence-electron chi connectivity index (χ0n) is 15.7. The van der Waals surface area contributed by atoms with E-state index in [9.17, 15) is 22.8 Å². The average Bonchev–Trinajstić information content (AvgIpc) is 2.66. The van der Waals surface area contributed by atoms with Gasteiger partial charge in [0.25, 0.3) is 5.91 Å². The number of nitrogens with one attached hydrogen (secondary N) is 1. The minimum Gasteiger partial charge on any atom is -0.364 e. The molecule has 1 saturated heterocycles. The van der Waals surface area contributed by atoms with Gasteiger partial charge in [-0.1, -0.05) is 18.2 Å². The van der Waals surface area contributed by atoms with E-state index in [1.54, 1.807) is 17.9 Å². The summed E-state index contributed by atoms with van der Waals surface area (Å²) in [6, 6.07) is 7.02. The molecule has 0 spiro atoms. The number of halogens is 3. The average molecular weight is 392 g/mol. The first-order valence-corrected chi connectivity index (χ1v) is 9.39. The molecule has 28 heavy (non-hydrogen) atoms. The van der Waals surface area contributed by atoms with Gasteiger partial charge in [0, 0.05) is 31.0 Å². The van der Waals surface area contributed by atoms with E-state index in [1.807, 2.05) is 0 Å². The molecule has 150 valence electrons. The highest BCUT2D eigenvalue weighted by atomic mass is 19.4. The first kappa shape index (κ1) is 20.2. The number of piperidine rings is 1. The topological polar surface area (TPSA) is 53.2 Å². The van der Waals surface area contributed by atoms with Crippen molar-refractivity contribution in [2.45, 2.75) is 38.8 Å². The molecule has 1 unspecified atom stereocenters. The van der Waals surface area contributed by atoms with Gasteiger partial charge in [0.1, 0.15) is 5.56 Å². The number of nitrogens with zero attached hydrogens (tertiary/aromatic N) is 1. The van der Waals surface area contributed by atoms with Crippen molar-refractivity contribution in [3.8, 4) is 0 Å². The van der Waals surface area contributed by atoms with Crippen LogP contribution in [0.1, 0.15) is 46.4 Å². The summed E-state index contributed by atoms with van der Waals surface area (Å²) in [4.78, 5) is 29.3. The summed E-state index contributed by atoms with van der Waals surface area (Å²) in [7, 11) is 0. The number of benzene rings is 1. The van der Waals surface area contributed by atoms with Gasteiger partial charge in [-0.05, 0) is 50.2 Å². The second-order valence-corrected chi connectivity index (χ2v) is 7.35. The van der Waals surface area contributed by atoms with Crippen LogP contribution in [-0.2, 0) is 12.6 Å². The summed E-state index contributed by atoms with van der Waals surface area (Å²) in [5, 5.41) is 0. The minimum absolute atomic E-state index is 0.105. The van der Waals surface area contributed by atoms with Gasteiger partial charge in [0.15, 0.2) is 5.43 Å². The Bertz CT molecular complexity index is 905. The van der Waals surface area contributed by atoms with Crippen molar-refractivity contribution >= 4 is 5.91 Å². The molecular weight excluding hydrogens is 369 g/mol. The third kappa shape index (κ3) is 4.64. The van der Waals surface area contributed by atoms with E-state index in [2.05, 4.69) is 4.98 Å². The predicted molar refractivity (Wildman–Crippen MR) is 100 cm³/mol. The number of likely N-dealkylation sites (tertiary alicyclic amines) is 1. The van der Waals surface area contributed by atoms with Crippen LogP contribution in [0.5, 0.6) is 0 Å². The molecule has 0 radical (unpaired) electrons. The maximum absolute atomic E-state index is 13.2. The Hall–Kier alpha value is -2.57. The van der Waals surface area contributed by atoms with Gasteiger partial charge in [-0.2, -0.15) is 13.2 Å². The summed E-state index contributed by atoms with van der Waals surface area (Å²) >= 11 is 0. The van der Waals surface area contributed by atoms with Crippen molar-refractivity contribution in [3.63, 3.8) is 0 Å². The SMILES string of the molecule is Cc1cc(=O)c(C(=O)N2CCCC(CCc3ccccc3C(F)(F)F)C2)c[nH]1. The molecule has 4 nitrogen and oxygen atoms in total. The second-order valence-electron chi connectivity index (χ2n) is 7.35. The van der Waals surface area contributed by atoms with Gasteiger partial charge in [0.2, 0.25) is 0 Å². The van der Waals surface area contributed by atoms with Gasteiger partial charge in [-0.25, -0.2) is 0 Å². The van der Waals surface area contributed by atoms with Crippen molar-refractivity contribution in [1.29, 1.82) is 0 Å². The Kier molecular flexibility index (Phi) is 5.91. The fourth-order valence-corrected chi connectivity index (χ4v) is 3.77. The van der Waals surface area contributed by atoms with Crippen LogP contribution in [0.2, 0.25) is 0 Å². The number of hydrogen-bond acceptors (Lipinski definition) is 2. The highest BCUT2D eigenvalue weighted by Crippen LogP contribution is 2.33. The van der Waals surface area contributed by atoms with E-state index in [0.717, 1.165) is 18.9 Å². The van der Waals surface area contributed by atoms with E-state index in [-0.39, 0.29) is 28.4 Å². The third-order valence-corrected chi connectivity index (χ3v) is 5.24. The molecular formula is C21H23F3N2O2. The van der Waals surface area contributed by atoms with E-state index < -0.39 is 11.7 Å². The van der Waals surface area contributed by atoms with Crippen LogP contribution in [0.4, 0.5) is 13.2 Å². The van der Waals surface area contributed by atoms with Gasteiger partial charge in [-0.3, -0.25) is 9.59 Å². The molecule has 0 aliphatic carbocycles. The van der Waals surface area contributed by atoms with Gasteiger partial charge >= 0.3 is 6.18 Å². The molecule has 1 amide bonds. The number of alkyl halides is 3. The molecule has 1 aromatic heterocycles. The number of aromatic amines is 1. The van der Waals surface area contributed by atoms with Crippen LogP contribution in [-0.4, -0.2) is 28.9 Å². The molecule has 1 N–H and O–H groups in total. The van der Waals surface area contributed by atoms with Gasteiger partial charge in [-0.15, -0.1) is 0 Å². The molecule has 0 saturated carbocycles. The van der Waals surface area contributed by atoms with Gasteiger partial charge < -0.3 is 9.88 Å². The summed E-state index contributed by atoms with van der Waals surface area (Å²) in [5.74, 6) is -0.204. The standard InChI is InChI=1S/C21H23F3N2O2/c1-14-11-19(27)17(12-25-14)20(28)26-10-4-5-15(13-26)8-9-16-6-2-3-7-18(16)21(22,23)24/h2-3,6-7,11-12,15H,4-5,8-10,13H2,1H3,(H,25,27). The van der Waals surface area contributed by atoms with Crippen LogP contribution in [0.25, 0.3) is 0 Å². The van der Waals surface area contributed by atoms with Crippen molar-refractivity contribution in [2.24, 2.45) is 5.92 Å². The number of hydrogen-bond donors (Lipinski definition) is 1. The van der Waals surface area contributed by atoms with Crippen molar-refractivity contribution < 1.29 is 18.0 Å². The number of pyridine rings is 1. The normalized spacial score (nSPS) is 17.6. The lowest BCUT2D eigenvalue weighted by atomic mass is 9.90. The quantitative estimate of drug-likeness (QED) is 0.848. The highest BCUT2D eigenvalue weighted by Gasteiger charge is 2.33. The van der Waals surface area contributed by atoms with E-state index in [0.29, 0.717) is 31.6 Å². The minimum atomic E-state index is -4.36. The largest absolute Gasteiger partial charge is 0.416 e. The Labute approximate surface area is 161 Å². The van der Waals surface area contributed by atoms with Crippen molar-refractivity contribution in [1.82, 2.24) is 9.88 Å². The lowest BCUT2D eigenvalue weighted by molar-refractivity contribution is -0.138. The van der Waals surface area contributed by atoms with Gasteiger partial charge in [0.05, 0.1) is 5.56 Å². The zero-order chi connectivity index (χ0) is 20.3. The fourth-order valence-electron chi connectivity index (χ4n) is 3.77. The number of amides is 1. The number of aromatic nitrogens is 1. The predicted octanol–water partition coefficient (Wildman–Crippen LogP) is 4.19. The van der Waals surface area contributed by atoms with Crippen LogP contribution in [0, 0.1) is 12.8 Å². The molecule has 3 rings (SSSR count). The number of carbonyl (C=O) groups is 1. The molecule has 1 atom stereocenters. The molecule has 7 heteroatoms. The molecule has 2 aromatic rings.